The van der Waals surface area contributed by atoms with E-state index in [4.69, 9.17) is 25.8 Å². The number of rotatable bonds is 15. The van der Waals surface area contributed by atoms with Crippen LogP contribution < -0.4 is 9.47 Å². The molecule has 0 atom stereocenters. The van der Waals surface area contributed by atoms with E-state index in [9.17, 15) is 9.59 Å². The number of carbonyl (C=O) groups is 2. The maximum atomic E-state index is 11.9. The summed E-state index contributed by atoms with van der Waals surface area (Å²) in [6, 6.07) is 4.70. The Morgan fingerprint density at radius 1 is 0.931 bits per heavy atom. The summed E-state index contributed by atoms with van der Waals surface area (Å²) in [6.45, 7) is 2.46. The van der Waals surface area contributed by atoms with Crippen LogP contribution in [-0.4, -0.2) is 25.7 Å². The predicted octanol–water partition coefficient (Wildman–Crippen LogP) is 6.27. The summed E-state index contributed by atoms with van der Waals surface area (Å²) < 4.78 is 15.4. The number of methoxy groups -OCH3 is 1. The molecule has 1 aromatic carbocycles. The lowest BCUT2D eigenvalue weighted by molar-refractivity contribution is -0.146. The van der Waals surface area contributed by atoms with Crippen LogP contribution in [-0.2, 0) is 14.3 Å². The van der Waals surface area contributed by atoms with Crippen molar-refractivity contribution < 1.29 is 23.8 Å². The van der Waals surface area contributed by atoms with Crippen molar-refractivity contribution in [1.29, 1.82) is 0 Å². The van der Waals surface area contributed by atoms with Gasteiger partial charge in [0.25, 0.3) is 0 Å². The van der Waals surface area contributed by atoms with Crippen LogP contribution in [0.4, 0.5) is 0 Å². The molecule has 0 aliphatic carbocycles. The summed E-state index contributed by atoms with van der Waals surface area (Å²) >= 11 is 5.87. The third-order valence-corrected chi connectivity index (χ3v) is 4.60. The standard InChI is InChI=1S/C23H33ClO5/c1-3-4-5-6-7-8-9-10-11-12-17-28-22(25)15-16-23(26)29-20-14-13-19(24)18-21(20)27-2/h11-14,18H,3-10,15-17H2,1-2H3/b12-11+. The lowest BCUT2D eigenvalue weighted by Crippen LogP contribution is -2.12. The van der Waals surface area contributed by atoms with E-state index in [1.54, 1.807) is 18.2 Å². The minimum atomic E-state index is -0.531. The van der Waals surface area contributed by atoms with Gasteiger partial charge in [-0.1, -0.05) is 69.2 Å². The molecule has 0 unspecified atom stereocenters. The largest absolute Gasteiger partial charge is 0.493 e. The van der Waals surface area contributed by atoms with Crippen molar-refractivity contribution in [2.24, 2.45) is 0 Å². The fourth-order valence-electron chi connectivity index (χ4n) is 2.72. The highest BCUT2D eigenvalue weighted by Gasteiger charge is 2.13. The molecule has 0 fully saturated rings. The van der Waals surface area contributed by atoms with E-state index >= 15 is 0 Å². The third-order valence-electron chi connectivity index (χ3n) is 4.36. The molecule has 0 N–H and O–H groups in total. The Kier molecular flexibility index (Phi) is 13.7. The molecule has 0 saturated heterocycles. The molecule has 1 rings (SSSR count). The zero-order valence-corrected chi connectivity index (χ0v) is 18.3. The van der Waals surface area contributed by atoms with Gasteiger partial charge in [0.1, 0.15) is 6.61 Å². The van der Waals surface area contributed by atoms with Gasteiger partial charge in [0.05, 0.1) is 20.0 Å². The first kappa shape index (κ1) is 25.0. The van der Waals surface area contributed by atoms with Gasteiger partial charge in [0.2, 0.25) is 0 Å². The first-order valence-electron chi connectivity index (χ1n) is 10.4. The van der Waals surface area contributed by atoms with Crippen molar-refractivity contribution in [2.75, 3.05) is 13.7 Å². The van der Waals surface area contributed by atoms with Crippen LogP contribution in [0.15, 0.2) is 30.4 Å². The molecule has 0 aliphatic rings. The third kappa shape index (κ3) is 12.2. The number of esters is 2. The van der Waals surface area contributed by atoms with E-state index in [1.807, 2.05) is 12.2 Å². The summed E-state index contributed by atoms with van der Waals surface area (Å²) in [5, 5.41) is 0.477. The Morgan fingerprint density at radius 2 is 1.62 bits per heavy atom. The Bertz CT molecular complexity index is 642. The zero-order valence-electron chi connectivity index (χ0n) is 17.6. The summed E-state index contributed by atoms with van der Waals surface area (Å²) in [5.74, 6) is -0.328. The van der Waals surface area contributed by atoms with Gasteiger partial charge in [0, 0.05) is 11.1 Å². The zero-order chi connectivity index (χ0) is 21.3. The highest BCUT2D eigenvalue weighted by molar-refractivity contribution is 6.30. The Balaban J connectivity index is 2.11. The summed E-state index contributed by atoms with van der Waals surface area (Å²) in [7, 11) is 1.46. The topological polar surface area (TPSA) is 61.8 Å². The van der Waals surface area contributed by atoms with Crippen LogP contribution in [0, 0.1) is 0 Å². The molecule has 162 valence electrons. The van der Waals surface area contributed by atoms with Crippen LogP contribution in [0.5, 0.6) is 11.5 Å². The summed E-state index contributed by atoms with van der Waals surface area (Å²) in [5.41, 5.74) is 0. The number of allylic oxidation sites excluding steroid dienone is 1. The number of ether oxygens (including phenoxy) is 3. The lowest BCUT2D eigenvalue weighted by atomic mass is 10.1. The van der Waals surface area contributed by atoms with E-state index in [1.165, 1.54) is 45.6 Å². The minimum absolute atomic E-state index is 0.0274. The first-order valence-corrected chi connectivity index (χ1v) is 10.8. The molecule has 0 saturated carbocycles. The molecule has 1 aromatic rings. The fourth-order valence-corrected chi connectivity index (χ4v) is 2.88. The second-order valence-corrected chi connectivity index (χ2v) is 7.27. The van der Waals surface area contributed by atoms with Gasteiger partial charge in [0.15, 0.2) is 11.5 Å². The van der Waals surface area contributed by atoms with Crippen molar-refractivity contribution in [3.8, 4) is 11.5 Å². The molecule has 0 spiro atoms. The van der Waals surface area contributed by atoms with Gasteiger partial charge >= 0.3 is 11.9 Å². The van der Waals surface area contributed by atoms with Crippen molar-refractivity contribution >= 4 is 23.5 Å². The van der Waals surface area contributed by atoms with E-state index in [-0.39, 0.29) is 25.2 Å². The van der Waals surface area contributed by atoms with Crippen molar-refractivity contribution in [3.63, 3.8) is 0 Å². The van der Waals surface area contributed by atoms with E-state index in [0.29, 0.717) is 10.8 Å². The number of unbranched alkanes of at least 4 members (excludes halogenated alkanes) is 7. The number of benzene rings is 1. The second kappa shape index (κ2) is 15.9. The smallest absolute Gasteiger partial charge is 0.311 e. The normalized spacial score (nSPS) is 10.9. The fraction of sp³-hybridized carbons (Fsp3) is 0.565. The van der Waals surface area contributed by atoms with Crippen LogP contribution >= 0.6 is 11.6 Å². The van der Waals surface area contributed by atoms with Crippen LogP contribution in [0.2, 0.25) is 5.02 Å². The van der Waals surface area contributed by atoms with Gasteiger partial charge in [-0.15, -0.1) is 0 Å². The molecule has 6 heteroatoms. The Hall–Kier alpha value is -2.01. The molecule has 29 heavy (non-hydrogen) atoms. The second-order valence-electron chi connectivity index (χ2n) is 6.83. The minimum Gasteiger partial charge on any atom is -0.493 e. The molecule has 0 aromatic heterocycles. The van der Waals surface area contributed by atoms with Gasteiger partial charge in [-0.3, -0.25) is 9.59 Å². The summed E-state index contributed by atoms with van der Waals surface area (Å²) in [6.07, 6.45) is 13.8. The molecular weight excluding hydrogens is 392 g/mol. The Labute approximate surface area is 179 Å². The highest BCUT2D eigenvalue weighted by atomic mass is 35.5. The number of carbonyl (C=O) groups excluding carboxylic acids is 2. The Morgan fingerprint density at radius 3 is 2.34 bits per heavy atom. The van der Waals surface area contributed by atoms with Gasteiger partial charge < -0.3 is 14.2 Å². The van der Waals surface area contributed by atoms with E-state index in [0.717, 1.165) is 12.8 Å². The lowest BCUT2D eigenvalue weighted by Gasteiger charge is -2.09. The molecule has 0 heterocycles. The molecule has 0 aliphatic heterocycles. The molecular formula is C23H33ClO5. The van der Waals surface area contributed by atoms with E-state index < -0.39 is 11.9 Å². The first-order chi connectivity index (χ1) is 14.1. The quantitative estimate of drug-likeness (QED) is 0.143. The average molecular weight is 425 g/mol. The van der Waals surface area contributed by atoms with Crippen LogP contribution in [0.1, 0.15) is 71.1 Å². The molecule has 0 amide bonds. The maximum absolute atomic E-state index is 11.9. The predicted molar refractivity (Wildman–Crippen MR) is 116 cm³/mol. The summed E-state index contributed by atoms with van der Waals surface area (Å²) in [4.78, 5) is 23.6. The van der Waals surface area contributed by atoms with Crippen LogP contribution in [0.25, 0.3) is 0 Å². The van der Waals surface area contributed by atoms with Gasteiger partial charge in [-0.2, -0.15) is 0 Å². The van der Waals surface area contributed by atoms with Gasteiger partial charge in [-0.05, 0) is 25.0 Å². The van der Waals surface area contributed by atoms with E-state index in [2.05, 4.69) is 6.92 Å². The highest BCUT2D eigenvalue weighted by Crippen LogP contribution is 2.30. The number of halogens is 1. The molecule has 0 bridgehead atoms. The SMILES string of the molecule is CCCCCCCCC/C=C/COC(=O)CCC(=O)Oc1ccc(Cl)cc1OC. The number of hydrogen-bond donors (Lipinski definition) is 0. The maximum Gasteiger partial charge on any atom is 0.311 e. The van der Waals surface area contributed by atoms with Crippen molar-refractivity contribution in [3.05, 3.63) is 35.4 Å². The van der Waals surface area contributed by atoms with Crippen molar-refractivity contribution in [1.82, 2.24) is 0 Å². The van der Waals surface area contributed by atoms with Crippen molar-refractivity contribution in [2.45, 2.75) is 71.1 Å². The molecule has 0 radical (unpaired) electrons. The number of hydrogen-bond acceptors (Lipinski definition) is 5. The monoisotopic (exact) mass is 424 g/mol. The average Bonchev–Trinajstić information content (AvgIpc) is 2.71. The van der Waals surface area contributed by atoms with Gasteiger partial charge in [-0.25, -0.2) is 0 Å². The van der Waals surface area contributed by atoms with Crippen LogP contribution in [0.3, 0.4) is 0 Å². The molecule has 5 nitrogen and oxygen atoms in total.